The summed E-state index contributed by atoms with van der Waals surface area (Å²) in [6.45, 7) is 0. The van der Waals surface area contributed by atoms with Gasteiger partial charge in [-0.3, -0.25) is 0 Å². The van der Waals surface area contributed by atoms with Gasteiger partial charge in [0.15, 0.2) is 5.82 Å². The largest absolute Gasteiger partial charge is 0.384 e. The van der Waals surface area contributed by atoms with Crippen LogP contribution in [0.2, 0.25) is 10.0 Å². The number of benzene rings is 1. The van der Waals surface area contributed by atoms with E-state index in [9.17, 15) is 4.39 Å². The van der Waals surface area contributed by atoms with Crippen molar-refractivity contribution in [1.29, 1.82) is 0 Å². The Morgan fingerprint density at radius 1 is 1.12 bits per heavy atom. The van der Waals surface area contributed by atoms with Crippen molar-refractivity contribution in [2.24, 2.45) is 0 Å². The predicted molar refractivity (Wildman–Crippen MR) is 98.6 cm³/mol. The molecule has 130 valence electrons. The van der Waals surface area contributed by atoms with Gasteiger partial charge in [0.2, 0.25) is 0 Å². The van der Waals surface area contributed by atoms with Crippen LogP contribution in [0.15, 0.2) is 43.0 Å². The van der Waals surface area contributed by atoms with Gasteiger partial charge >= 0.3 is 0 Å². The molecular formula is C16H10Cl2FN7. The highest BCUT2D eigenvalue weighted by molar-refractivity contribution is 6.37. The molecule has 0 saturated heterocycles. The Hall–Kier alpha value is -2.97. The van der Waals surface area contributed by atoms with E-state index in [1.807, 2.05) is 0 Å². The monoisotopic (exact) mass is 389 g/mol. The number of hydrogen-bond donors (Lipinski definition) is 2. The van der Waals surface area contributed by atoms with Crippen LogP contribution >= 0.6 is 23.2 Å². The molecule has 0 fully saturated rings. The standard InChI is InChI=1S/C16H10Cl2FN7/c17-9-2-1-3-10(18)15(9)26-6-8-14(25-26)11(19)5-21-16(8)24-13-4-12(20)22-7-23-13/h1-7H,(H3,20,21,22,23,24). The van der Waals surface area contributed by atoms with Crippen LogP contribution in [-0.4, -0.2) is 24.7 Å². The lowest BCUT2D eigenvalue weighted by Gasteiger charge is -2.06. The van der Waals surface area contributed by atoms with Gasteiger partial charge in [-0.25, -0.2) is 24.0 Å². The van der Waals surface area contributed by atoms with Gasteiger partial charge in [0, 0.05) is 12.3 Å². The summed E-state index contributed by atoms with van der Waals surface area (Å²) in [5, 5.41) is 8.44. The molecule has 0 amide bonds. The summed E-state index contributed by atoms with van der Waals surface area (Å²) in [5.41, 5.74) is 6.20. The van der Waals surface area contributed by atoms with Gasteiger partial charge in [0.1, 0.15) is 35.0 Å². The van der Waals surface area contributed by atoms with Crippen LogP contribution in [0.3, 0.4) is 0 Å². The highest BCUT2D eigenvalue weighted by atomic mass is 35.5. The maximum Gasteiger partial charge on any atom is 0.169 e. The summed E-state index contributed by atoms with van der Waals surface area (Å²) >= 11 is 12.4. The molecule has 0 radical (unpaired) electrons. The molecule has 0 atom stereocenters. The molecule has 4 aromatic rings. The quantitative estimate of drug-likeness (QED) is 0.550. The molecule has 26 heavy (non-hydrogen) atoms. The van der Waals surface area contributed by atoms with E-state index in [1.165, 1.54) is 17.1 Å². The summed E-state index contributed by atoms with van der Waals surface area (Å²) in [6.07, 6.45) is 3.97. The number of nitrogen functional groups attached to an aromatic ring is 1. The van der Waals surface area contributed by atoms with Crippen molar-refractivity contribution < 1.29 is 4.39 Å². The zero-order valence-corrected chi connectivity index (χ0v) is 14.5. The number of aromatic nitrogens is 5. The molecule has 0 bridgehead atoms. The minimum absolute atomic E-state index is 0.112. The number of nitrogens with zero attached hydrogens (tertiary/aromatic N) is 5. The van der Waals surface area contributed by atoms with Gasteiger partial charge in [-0.05, 0) is 12.1 Å². The molecular weight excluding hydrogens is 380 g/mol. The summed E-state index contributed by atoms with van der Waals surface area (Å²) in [5.74, 6) is 0.490. The zero-order valence-electron chi connectivity index (χ0n) is 13.0. The lowest BCUT2D eigenvalue weighted by atomic mass is 10.3. The van der Waals surface area contributed by atoms with E-state index in [2.05, 4.69) is 25.4 Å². The van der Waals surface area contributed by atoms with Crippen molar-refractivity contribution in [3.8, 4) is 5.69 Å². The summed E-state index contributed by atoms with van der Waals surface area (Å²) in [6, 6.07) is 6.59. The van der Waals surface area contributed by atoms with Gasteiger partial charge in [0.25, 0.3) is 0 Å². The van der Waals surface area contributed by atoms with E-state index in [0.717, 1.165) is 6.20 Å². The smallest absolute Gasteiger partial charge is 0.169 e. The van der Waals surface area contributed by atoms with Crippen molar-refractivity contribution in [3.05, 3.63) is 58.8 Å². The van der Waals surface area contributed by atoms with Gasteiger partial charge in [0.05, 0.1) is 21.6 Å². The third kappa shape index (κ3) is 2.89. The van der Waals surface area contributed by atoms with Crippen molar-refractivity contribution in [2.45, 2.75) is 0 Å². The van der Waals surface area contributed by atoms with Crippen LogP contribution < -0.4 is 11.1 Å². The Labute approximate surface area is 156 Å². The van der Waals surface area contributed by atoms with E-state index in [1.54, 1.807) is 24.4 Å². The second-order valence-electron chi connectivity index (χ2n) is 5.31. The van der Waals surface area contributed by atoms with Gasteiger partial charge < -0.3 is 11.1 Å². The van der Waals surface area contributed by atoms with Crippen molar-refractivity contribution in [2.75, 3.05) is 11.1 Å². The predicted octanol–water partition coefficient (Wildman–Crippen LogP) is 3.98. The molecule has 0 spiro atoms. The van der Waals surface area contributed by atoms with E-state index < -0.39 is 5.82 Å². The first-order valence-electron chi connectivity index (χ1n) is 7.36. The van der Waals surface area contributed by atoms with Crippen LogP contribution in [0.25, 0.3) is 16.6 Å². The first-order chi connectivity index (χ1) is 12.5. The molecule has 0 saturated carbocycles. The summed E-state index contributed by atoms with van der Waals surface area (Å²) in [4.78, 5) is 12.0. The fourth-order valence-electron chi connectivity index (χ4n) is 2.46. The number of anilines is 3. The van der Waals surface area contributed by atoms with Gasteiger partial charge in [-0.15, -0.1) is 0 Å². The number of para-hydroxylation sites is 1. The second kappa shape index (κ2) is 6.40. The molecule has 0 unspecified atom stereocenters. The highest BCUT2D eigenvalue weighted by Crippen LogP contribution is 2.31. The Morgan fingerprint density at radius 2 is 1.88 bits per heavy atom. The van der Waals surface area contributed by atoms with Crippen LogP contribution in [0.1, 0.15) is 0 Å². The average molecular weight is 390 g/mol. The Balaban J connectivity index is 1.86. The lowest BCUT2D eigenvalue weighted by molar-refractivity contribution is 0.629. The normalized spacial score (nSPS) is 11.0. The van der Waals surface area contributed by atoms with E-state index in [0.29, 0.717) is 38.6 Å². The summed E-state index contributed by atoms with van der Waals surface area (Å²) in [7, 11) is 0. The SMILES string of the molecule is Nc1cc(Nc2ncc(F)c3nn(-c4c(Cl)cccc4Cl)cc23)ncn1. The maximum atomic E-state index is 14.2. The lowest BCUT2D eigenvalue weighted by Crippen LogP contribution is -1.99. The Bertz CT molecular complexity index is 1110. The van der Waals surface area contributed by atoms with Crippen molar-refractivity contribution in [1.82, 2.24) is 24.7 Å². The zero-order chi connectivity index (χ0) is 18.3. The highest BCUT2D eigenvalue weighted by Gasteiger charge is 2.16. The Kier molecular flexibility index (Phi) is 4.06. The number of hydrogen-bond acceptors (Lipinski definition) is 6. The molecule has 0 aliphatic carbocycles. The molecule has 4 rings (SSSR count). The first-order valence-corrected chi connectivity index (χ1v) is 8.11. The number of nitrogens with two attached hydrogens (primary N) is 1. The molecule has 7 nitrogen and oxygen atoms in total. The second-order valence-corrected chi connectivity index (χ2v) is 6.13. The Morgan fingerprint density at radius 3 is 2.62 bits per heavy atom. The molecule has 3 heterocycles. The van der Waals surface area contributed by atoms with E-state index >= 15 is 0 Å². The maximum absolute atomic E-state index is 14.2. The molecule has 3 aromatic heterocycles. The molecule has 10 heteroatoms. The fourth-order valence-corrected chi connectivity index (χ4v) is 3.03. The minimum Gasteiger partial charge on any atom is -0.384 e. The van der Waals surface area contributed by atoms with Crippen LogP contribution in [0.4, 0.5) is 21.8 Å². The number of rotatable bonds is 3. The van der Waals surface area contributed by atoms with Crippen molar-refractivity contribution in [3.63, 3.8) is 0 Å². The van der Waals surface area contributed by atoms with Crippen LogP contribution in [0.5, 0.6) is 0 Å². The third-order valence-corrected chi connectivity index (χ3v) is 4.21. The number of nitrogens with one attached hydrogen (secondary N) is 1. The number of halogens is 3. The first kappa shape index (κ1) is 16.5. The molecule has 3 N–H and O–H groups in total. The minimum atomic E-state index is -0.574. The fraction of sp³-hybridized carbons (Fsp3) is 0. The van der Waals surface area contributed by atoms with E-state index in [-0.39, 0.29) is 5.52 Å². The number of fused-ring (bicyclic) bond motifs is 1. The third-order valence-electron chi connectivity index (χ3n) is 3.60. The van der Waals surface area contributed by atoms with Gasteiger partial charge in [-0.1, -0.05) is 29.3 Å². The molecule has 1 aromatic carbocycles. The number of pyridine rings is 1. The van der Waals surface area contributed by atoms with E-state index in [4.69, 9.17) is 28.9 Å². The molecule has 0 aliphatic rings. The van der Waals surface area contributed by atoms with Crippen LogP contribution in [-0.2, 0) is 0 Å². The summed E-state index contributed by atoms with van der Waals surface area (Å²) < 4.78 is 15.6. The van der Waals surface area contributed by atoms with Crippen LogP contribution in [0, 0.1) is 5.82 Å². The molecule has 0 aliphatic heterocycles. The average Bonchev–Trinajstić information content (AvgIpc) is 3.03. The van der Waals surface area contributed by atoms with Gasteiger partial charge in [-0.2, -0.15) is 5.10 Å². The van der Waals surface area contributed by atoms with Crippen molar-refractivity contribution >= 4 is 51.6 Å². The topological polar surface area (TPSA) is 94.5 Å².